The van der Waals surface area contributed by atoms with Crippen LogP contribution in [0.15, 0.2) is 17.0 Å². The normalized spacial score (nSPS) is 25.3. The Balaban J connectivity index is 2.47. The summed E-state index contributed by atoms with van der Waals surface area (Å²) in [7, 11) is -2.21. The van der Waals surface area contributed by atoms with Gasteiger partial charge in [0, 0.05) is 12.1 Å². The van der Waals surface area contributed by atoms with Crippen LogP contribution in [0.2, 0.25) is 0 Å². The summed E-state index contributed by atoms with van der Waals surface area (Å²) in [5.74, 6) is 0.596. The highest BCUT2D eigenvalue weighted by Crippen LogP contribution is 2.36. The van der Waals surface area contributed by atoms with Crippen LogP contribution in [0.25, 0.3) is 0 Å². The molecule has 0 saturated heterocycles. The van der Waals surface area contributed by atoms with Crippen molar-refractivity contribution in [3.63, 3.8) is 0 Å². The second-order valence-corrected chi connectivity index (χ2v) is 8.35. The molecule has 1 aromatic carbocycles. The van der Waals surface area contributed by atoms with Crippen molar-refractivity contribution in [3.8, 4) is 5.75 Å². The zero-order valence-electron chi connectivity index (χ0n) is 14.5. The minimum Gasteiger partial charge on any atom is -0.495 e. The molecular formula is C17H28N2O3S. The molecule has 0 radical (unpaired) electrons. The number of hydrogen-bond acceptors (Lipinski definition) is 4. The molecule has 6 heteroatoms. The second kappa shape index (κ2) is 6.79. The summed E-state index contributed by atoms with van der Waals surface area (Å²) in [6, 6.07) is 3.61. The first-order chi connectivity index (χ1) is 10.8. The van der Waals surface area contributed by atoms with E-state index in [4.69, 9.17) is 10.5 Å². The number of benzene rings is 1. The van der Waals surface area contributed by atoms with Crippen molar-refractivity contribution >= 4 is 10.0 Å². The summed E-state index contributed by atoms with van der Waals surface area (Å²) in [5.41, 5.74) is 7.07. The Labute approximate surface area is 139 Å². The van der Waals surface area contributed by atoms with Gasteiger partial charge in [-0.1, -0.05) is 25.8 Å². The summed E-state index contributed by atoms with van der Waals surface area (Å²) < 4.78 is 34.4. The van der Waals surface area contributed by atoms with Crippen molar-refractivity contribution in [2.75, 3.05) is 13.7 Å². The molecule has 0 amide bonds. The lowest BCUT2D eigenvalue weighted by Gasteiger charge is -2.42. The van der Waals surface area contributed by atoms with Gasteiger partial charge >= 0.3 is 0 Å². The van der Waals surface area contributed by atoms with Crippen molar-refractivity contribution in [3.05, 3.63) is 23.3 Å². The third-order valence-corrected chi connectivity index (χ3v) is 6.76. The van der Waals surface area contributed by atoms with Crippen molar-refractivity contribution in [1.29, 1.82) is 0 Å². The van der Waals surface area contributed by atoms with Gasteiger partial charge in [-0.15, -0.1) is 0 Å². The largest absolute Gasteiger partial charge is 0.495 e. The average molecular weight is 340 g/mol. The van der Waals surface area contributed by atoms with Gasteiger partial charge in [-0.25, -0.2) is 13.1 Å². The summed E-state index contributed by atoms with van der Waals surface area (Å²) >= 11 is 0. The number of sulfonamides is 1. The van der Waals surface area contributed by atoms with E-state index in [1.165, 1.54) is 7.11 Å². The fourth-order valence-corrected chi connectivity index (χ4v) is 5.55. The van der Waals surface area contributed by atoms with Crippen LogP contribution < -0.4 is 15.2 Å². The van der Waals surface area contributed by atoms with Crippen molar-refractivity contribution < 1.29 is 13.2 Å². The van der Waals surface area contributed by atoms with Gasteiger partial charge in [0.1, 0.15) is 10.6 Å². The summed E-state index contributed by atoms with van der Waals surface area (Å²) in [6.45, 7) is 6.10. The van der Waals surface area contributed by atoms with Crippen LogP contribution in [-0.4, -0.2) is 27.6 Å². The van der Waals surface area contributed by atoms with Crippen LogP contribution in [0, 0.1) is 19.8 Å². The van der Waals surface area contributed by atoms with E-state index in [2.05, 4.69) is 11.6 Å². The monoisotopic (exact) mass is 340 g/mol. The predicted molar refractivity (Wildman–Crippen MR) is 92.2 cm³/mol. The van der Waals surface area contributed by atoms with E-state index in [0.717, 1.165) is 31.2 Å². The molecule has 1 saturated carbocycles. The molecule has 130 valence electrons. The molecule has 5 nitrogen and oxygen atoms in total. The van der Waals surface area contributed by atoms with E-state index in [0.29, 0.717) is 17.9 Å². The molecular weight excluding hydrogens is 312 g/mol. The van der Waals surface area contributed by atoms with Gasteiger partial charge in [-0.2, -0.15) is 0 Å². The molecule has 0 bridgehead atoms. The first kappa shape index (κ1) is 18.2. The number of rotatable bonds is 5. The molecule has 1 aliphatic carbocycles. The Morgan fingerprint density at radius 2 is 2.04 bits per heavy atom. The number of methoxy groups -OCH3 is 1. The first-order valence-corrected chi connectivity index (χ1v) is 9.63. The van der Waals surface area contributed by atoms with Crippen LogP contribution in [0.1, 0.15) is 43.7 Å². The van der Waals surface area contributed by atoms with E-state index >= 15 is 0 Å². The third kappa shape index (κ3) is 3.54. The van der Waals surface area contributed by atoms with Crippen LogP contribution in [-0.2, 0) is 10.0 Å². The fourth-order valence-electron chi connectivity index (χ4n) is 3.64. The lowest BCUT2D eigenvalue weighted by molar-refractivity contribution is 0.191. The van der Waals surface area contributed by atoms with E-state index in [-0.39, 0.29) is 10.8 Å². The maximum Gasteiger partial charge on any atom is 0.245 e. The lowest BCUT2D eigenvalue weighted by Crippen LogP contribution is -2.59. The van der Waals surface area contributed by atoms with Crippen LogP contribution in [0.4, 0.5) is 0 Å². The molecule has 2 unspecified atom stereocenters. The maximum absolute atomic E-state index is 13.1. The summed E-state index contributed by atoms with van der Waals surface area (Å²) in [4.78, 5) is 0.219. The van der Waals surface area contributed by atoms with E-state index in [9.17, 15) is 8.42 Å². The summed E-state index contributed by atoms with van der Waals surface area (Å²) in [5, 5.41) is 0. The highest BCUT2D eigenvalue weighted by atomic mass is 32.2. The quantitative estimate of drug-likeness (QED) is 0.863. The molecule has 2 atom stereocenters. The molecule has 0 aromatic heterocycles. The molecule has 0 aliphatic heterocycles. The molecule has 3 N–H and O–H groups in total. The van der Waals surface area contributed by atoms with Gasteiger partial charge in [0.2, 0.25) is 10.0 Å². The molecule has 23 heavy (non-hydrogen) atoms. The SMILES string of the molecule is COc1cc(C)cc(C)c1S(=O)(=O)NC1(CN)CCCCC1C. The van der Waals surface area contributed by atoms with E-state index in [1.807, 2.05) is 13.0 Å². The Bertz CT molecular complexity index is 673. The Morgan fingerprint density at radius 3 is 2.61 bits per heavy atom. The lowest BCUT2D eigenvalue weighted by atomic mass is 9.74. The van der Waals surface area contributed by atoms with E-state index < -0.39 is 15.6 Å². The van der Waals surface area contributed by atoms with Crippen LogP contribution in [0.5, 0.6) is 5.75 Å². The topological polar surface area (TPSA) is 81.4 Å². The first-order valence-electron chi connectivity index (χ1n) is 8.15. The minimum absolute atomic E-state index is 0.216. The molecule has 0 heterocycles. The Hall–Kier alpha value is -1.11. The highest BCUT2D eigenvalue weighted by Gasteiger charge is 2.41. The maximum atomic E-state index is 13.1. The molecule has 0 spiro atoms. The average Bonchev–Trinajstić information content (AvgIpc) is 2.48. The number of ether oxygens (including phenoxy) is 1. The van der Waals surface area contributed by atoms with Gasteiger partial charge in [0.25, 0.3) is 0 Å². The van der Waals surface area contributed by atoms with Gasteiger partial charge in [-0.05, 0) is 49.8 Å². The van der Waals surface area contributed by atoms with Gasteiger partial charge in [0.15, 0.2) is 0 Å². The molecule has 1 aliphatic rings. The van der Waals surface area contributed by atoms with E-state index in [1.54, 1.807) is 13.0 Å². The van der Waals surface area contributed by atoms with Gasteiger partial charge < -0.3 is 10.5 Å². The molecule has 1 aromatic rings. The summed E-state index contributed by atoms with van der Waals surface area (Å²) in [6.07, 6.45) is 3.88. The molecule has 2 rings (SSSR count). The smallest absolute Gasteiger partial charge is 0.245 e. The Morgan fingerprint density at radius 1 is 1.35 bits per heavy atom. The fraction of sp³-hybridized carbons (Fsp3) is 0.647. The zero-order valence-corrected chi connectivity index (χ0v) is 15.3. The standard InChI is InChI=1S/C17H28N2O3S/c1-12-9-13(2)16(15(10-12)22-4)23(20,21)19-17(11-18)8-6-5-7-14(17)3/h9-10,14,19H,5-8,11,18H2,1-4H3. The van der Waals surface area contributed by atoms with Gasteiger partial charge in [0.05, 0.1) is 7.11 Å². The zero-order chi connectivity index (χ0) is 17.3. The van der Waals surface area contributed by atoms with Gasteiger partial charge in [-0.3, -0.25) is 0 Å². The van der Waals surface area contributed by atoms with Crippen molar-refractivity contribution in [1.82, 2.24) is 4.72 Å². The molecule has 1 fully saturated rings. The third-order valence-electron chi connectivity index (χ3n) is 5.03. The highest BCUT2D eigenvalue weighted by molar-refractivity contribution is 7.89. The van der Waals surface area contributed by atoms with Crippen molar-refractivity contribution in [2.24, 2.45) is 11.7 Å². The van der Waals surface area contributed by atoms with Crippen LogP contribution in [0.3, 0.4) is 0 Å². The number of aryl methyl sites for hydroxylation is 2. The number of nitrogens with two attached hydrogens (primary N) is 1. The van der Waals surface area contributed by atoms with Crippen LogP contribution >= 0.6 is 0 Å². The van der Waals surface area contributed by atoms with Crippen molar-refractivity contribution in [2.45, 2.75) is 56.9 Å². The number of nitrogens with one attached hydrogen (secondary N) is 1. The Kier molecular flexibility index (Phi) is 5.38. The number of hydrogen-bond donors (Lipinski definition) is 2. The predicted octanol–water partition coefficient (Wildman–Crippen LogP) is 2.50. The second-order valence-electron chi connectivity index (χ2n) is 6.73. The minimum atomic E-state index is -3.71.